The average molecular weight is 238 g/mol. The van der Waals surface area contributed by atoms with Crippen LogP contribution in [0.1, 0.15) is 5.56 Å². The first-order valence-corrected chi connectivity index (χ1v) is 5.85. The van der Waals surface area contributed by atoms with Crippen molar-refractivity contribution in [2.45, 2.75) is 10.1 Å². The maximum absolute atomic E-state index is 7.52. The summed E-state index contributed by atoms with van der Waals surface area (Å²) >= 11 is 1.69. The van der Waals surface area contributed by atoms with Gasteiger partial charge in [-0.05, 0) is 18.2 Å². The van der Waals surface area contributed by atoms with Crippen LogP contribution in [0.25, 0.3) is 0 Å². The van der Waals surface area contributed by atoms with Crippen LogP contribution in [0.4, 0.5) is 0 Å². The van der Waals surface area contributed by atoms with Crippen LogP contribution in [-0.4, -0.2) is 31.4 Å². The lowest BCUT2D eigenvalue weighted by Gasteiger charge is -2.26. The van der Waals surface area contributed by atoms with Crippen LogP contribution < -0.4 is 10.5 Å². The number of hydrogen-bond donors (Lipinski definition) is 2. The average Bonchev–Trinajstić information content (AvgIpc) is 2.22. The quantitative estimate of drug-likeness (QED) is 0.615. The van der Waals surface area contributed by atoms with E-state index in [-0.39, 0.29) is 5.84 Å². The van der Waals surface area contributed by atoms with Crippen molar-refractivity contribution in [3.63, 3.8) is 0 Å². The first kappa shape index (κ1) is 11.3. The Morgan fingerprint density at radius 2 is 2.31 bits per heavy atom. The highest BCUT2D eigenvalue weighted by Crippen LogP contribution is 2.33. The van der Waals surface area contributed by atoms with E-state index in [1.807, 2.05) is 18.2 Å². The molecule has 16 heavy (non-hydrogen) atoms. The third-order valence-corrected chi connectivity index (χ3v) is 3.58. The van der Waals surface area contributed by atoms with E-state index in [2.05, 4.69) is 0 Å². The van der Waals surface area contributed by atoms with E-state index in [0.717, 1.165) is 29.4 Å². The van der Waals surface area contributed by atoms with Crippen molar-refractivity contribution in [3.8, 4) is 5.75 Å². The van der Waals surface area contributed by atoms with Gasteiger partial charge in [-0.25, -0.2) is 0 Å². The van der Waals surface area contributed by atoms with Gasteiger partial charge < -0.3 is 15.2 Å². The Hall–Kier alpha value is -1.20. The zero-order chi connectivity index (χ0) is 11.5. The van der Waals surface area contributed by atoms with E-state index in [4.69, 9.17) is 20.6 Å². The summed E-state index contributed by atoms with van der Waals surface area (Å²) in [7, 11) is 1.63. The van der Waals surface area contributed by atoms with Gasteiger partial charge in [0.1, 0.15) is 11.6 Å². The highest BCUT2D eigenvalue weighted by Gasteiger charge is 2.21. The molecule has 3 N–H and O–H groups in total. The van der Waals surface area contributed by atoms with Gasteiger partial charge in [0.25, 0.3) is 0 Å². The molecule has 0 spiro atoms. The smallest absolute Gasteiger partial charge is 0.123 e. The standard InChI is InChI=1S/C11H14N2O2S/c1-14-7-2-3-9(11(12)13)10(4-7)16-8-5-15-6-8/h2-4,8H,5-6H2,1H3,(H3,12,13). The second-order valence-electron chi connectivity index (χ2n) is 3.55. The van der Waals surface area contributed by atoms with Gasteiger partial charge in [-0.15, -0.1) is 11.8 Å². The van der Waals surface area contributed by atoms with Crippen LogP contribution in [0.3, 0.4) is 0 Å². The predicted octanol–water partition coefficient (Wildman–Crippen LogP) is 1.47. The maximum Gasteiger partial charge on any atom is 0.123 e. The van der Waals surface area contributed by atoms with Gasteiger partial charge in [-0.1, -0.05) is 0 Å². The number of methoxy groups -OCH3 is 1. The number of amidine groups is 1. The molecule has 4 nitrogen and oxygen atoms in total. The van der Waals surface area contributed by atoms with E-state index in [1.165, 1.54) is 0 Å². The molecular weight excluding hydrogens is 224 g/mol. The topological polar surface area (TPSA) is 68.3 Å². The van der Waals surface area contributed by atoms with E-state index in [0.29, 0.717) is 5.25 Å². The highest BCUT2D eigenvalue weighted by atomic mass is 32.2. The van der Waals surface area contributed by atoms with Crippen LogP contribution in [-0.2, 0) is 4.74 Å². The third kappa shape index (κ3) is 2.31. The number of benzene rings is 1. The molecule has 86 valence electrons. The van der Waals surface area contributed by atoms with E-state index >= 15 is 0 Å². The third-order valence-electron chi connectivity index (χ3n) is 2.38. The number of thioether (sulfide) groups is 1. The van der Waals surface area contributed by atoms with E-state index in [9.17, 15) is 0 Å². The zero-order valence-corrected chi connectivity index (χ0v) is 9.84. The Balaban J connectivity index is 2.25. The summed E-state index contributed by atoms with van der Waals surface area (Å²) in [5, 5.41) is 7.98. The minimum Gasteiger partial charge on any atom is -0.497 e. The molecule has 0 aromatic heterocycles. The van der Waals surface area contributed by atoms with Crippen molar-refractivity contribution in [3.05, 3.63) is 23.8 Å². The Bertz CT molecular complexity index is 405. The second-order valence-corrected chi connectivity index (χ2v) is 4.90. The summed E-state index contributed by atoms with van der Waals surface area (Å²) in [5.74, 6) is 0.873. The molecule has 0 radical (unpaired) electrons. The minimum atomic E-state index is 0.0883. The molecule has 0 bridgehead atoms. The fraction of sp³-hybridized carbons (Fsp3) is 0.364. The van der Waals surface area contributed by atoms with E-state index in [1.54, 1.807) is 18.9 Å². The summed E-state index contributed by atoms with van der Waals surface area (Å²) in [6.07, 6.45) is 0. The summed E-state index contributed by atoms with van der Waals surface area (Å²) in [4.78, 5) is 0.986. The molecule has 1 aromatic rings. The molecule has 1 heterocycles. The van der Waals surface area contributed by atoms with Gasteiger partial charge in [0.2, 0.25) is 0 Å². The fourth-order valence-electron chi connectivity index (χ4n) is 1.41. The molecule has 0 aliphatic carbocycles. The van der Waals surface area contributed by atoms with Crippen LogP contribution in [0.15, 0.2) is 23.1 Å². The first-order valence-electron chi connectivity index (χ1n) is 4.97. The van der Waals surface area contributed by atoms with Gasteiger partial charge >= 0.3 is 0 Å². The summed E-state index contributed by atoms with van der Waals surface area (Å²) in [6.45, 7) is 1.53. The van der Waals surface area contributed by atoms with Crippen LogP contribution in [0, 0.1) is 5.41 Å². The van der Waals surface area contributed by atoms with Gasteiger partial charge in [0.05, 0.1) is 25.6 Å². The summed E-state index contributed by atoms with van der Waals surface area (Å²) in [5.41, 5.74) is 6.30. The van der Waals surface area contributed by atoms with Crippen molar-refractivity contribution in [1.29, 1.82) is 5.41 Å². The second kappa shape index (κ2) is 4.76. The molecule has 2 rings (SSSR count). The Morgan fingerprint density at radius 1 is 1.56 bits per heavy atom. The lowest BCUT2D eigenvalue weighted by Crippen LogP contribution is -2.30. The molecular formula is C11H14N2O2S. The molecule has 1 aliphatic rings. The van der Waals surface area contributed by atoms with Crippen LogP contribution >= 0.6 is 11.8 Å². The van der Waals surface area contributed by atoms with Gasteiger partial charge in [-0.3, -0.25) is 5.41 Å². The molecule has 1 aromatic carbocycles. The first-order chi connectivity index (χ1) is 7.70. The lowest BCUT2D eigenvalue weighted by molar-refractivity contribution is 0.0455. The lowest BCUT2D eigenvalue weighted by atomic mass is 10.2. The molecule has 1 aliphatic heterocycles. The molecule has 1 saturated heterocycles. The molecule has 0 unspecified atom stereocenters. The van der Waals surface area contributed by atoms with Crippen molar-refractivity contribution in [2.24, 2.45) is 5.73 Å². The van der Waals surface area contributed by atoms with Crippen molar-refractivity contribution < 1.29 is 9.47 Å². The van der Waals surface area contributed by atoms with Crippen LogP contribution in [0.2, 0.25) is 0 Å². The fourth-order valence-corrected chi connectivity index (χ4v) is 2.59. The largest absolute Gasteiger partial charge is 0.497 e. The van der Waals surface area contributed by atoms with Crippen molar-refractivity contribution >= 4 is 17.6 Å². The number of hydrogen-bond acceptors (Lipinski definition) is 4. The number of nitrogen functional groups attached to an aromatic ring is 1. The molecule has 1 fully saturated rings. The Labute approximate surface area is 98.6 Å². The monoisotopic (exact) mass is 238 g/mol. The maximum atomic E-state index is 7.52. The van der Waals surface area contributed by atoms with Gasteiger partial charge in [0.15, 0.2) is 0 Å². The SMILES string of the molecule is COc1ccc(C(=N)N)c(SC2COC2)c1. The molecule has 0 saturated carbocycles. The Kier molecular flexibility index (Phi) is 3.36. The summed E-state index contributed by atoms with van der Waals surface area (Å²) in [6, 6.07) is 5.56. The van der Waals surface area contributed by atoms with Crippen LogP contribution in [0.5, 0.6) is 5.75 Å². The normalized spacial score (nSPS) is 15.6. The van der Waals surface area contributed by atoms with E-state index < -0.39 is 0 Å². The van der Waals surface area contributed by atoms with Crippen molar-refractivity contribution in [1.82, 2.24) is 0 Å². The zero-order valence-electron chi connectivity index (χ0n) is 9.03. The van der Waals surface area contributed by atoms with Crippen molar-refractivity contribution in [2.75, 3.05) is 20.3 Å². The van der Waals surface area contributed by atoms with Gasteiger partial charge in [0, 0.05) is 10.5 Å². The number of rotatable bonds is 4. The van der Waals surface area contributed by atoms with Gasteiger partial charge in [-0.2, -0.15) is 0 Å². The number of nitrogens with one attached hydrogen (secondary N) is 1. The predicted molar refractivity (Wildman–Crippen MR) is 64.5 cm³/mol. The number of ether oxygens (including phenoxy) is 2. The highest BCUT2D eigenvalue weighted by molar-refractivity contribution is 8.00. The molecule has 5 heteroatoms. The minimum absolute atomic E-state index is 0.0883. The molecule has 0 amide bonds. The number of nitrogens with two attached hydrogens (primary N) is 1. The Morgan fingerprint density at radius 3 is 2.81 bits per heavy atom. The molecule has 0 atom stereocenters. The summed E-state index contributed by atoms with van der Waals surface area (Å²) < 4.78 is 10.3.